The van der Waals surface area contributed by atoms with Crippen LogP contribution < -0.4 is 5.32 Å². The number of likely N-dealkylation sites (tertiary alicyclic amines) is 1. The molecule has 5 nitrogen and oxygen atoms in total. The molecule has 1 aromatic carbocycles. The Hall–Kier alpha value is -1.43. The summed E-state index contributed by atoms with van der Waals surface area (Å²) in [6.45, 7) is 6.41. The Labute approximate surface area is 150 Å². The number of benzene rings is 1. The molecule has 136 valence electrons. The molecule has 3 aliphatic rings. The molecule has 0 bridgehead atoms. The molecule has 1 N–H and O–H groups in total. The van der Waals surface area contributed by atoms with Crippen LogP contribution in [0.5, 0.6) is 0 Å². The van der Waals surface area contributed by atoms with Crippen LogP contribution in [0.1, 0.15) is 30.4 Å². The van der Waals surface area contributed by atoms with E-state index in [4.69, 9.17) is 4.74 Å². The maximum atomic E-state index is 12.5. The van der Waals surface area contributed by atoms with Crippen LogP contribution in [-0.2, 0) is 22.5 Å². The highest BCUT2D eigenvalue weighted by Crippen LogP contribution is 2.25. The topological polar surface area (TPSA) is 44.8 Å². The molecule has 0 spiro atoms. The van der Waals surface area contributed by atoms with E-state index in [1.807, 2.05) is 4.90 Å². The SMILES string of the molecule is O=C(C[C@@H]1CNCCO1)N1CCC(N2CCc3ccccc3C2)CC1. The molecule has 3 aliphatic heterocycles. The third kappa shape index (κ3) is 4.05. The van der Waals surface area contributed by atoms with Crippen LogP contribution >= 0.6 is 0 Å². The number of carbonyl (C=O) groups excluding carboxylic acids is 1. The molecule has 25 heavy (non-hydrogen) atoms. The molecule has 1 amide bonds. The molecule has 0 aliphatic carbocycles. The first-order chi connectivity index (χ1) is 12.3. The minimum absolute atomic E-state index is 0.0533. The van der Waals surface area contributed by atoms with E-state index in [0.29, 0.717) is 12.5 Å². The number of nitrogens with one attached hydrogen (secondary N) is 1. The van der Waals surface area contributed by atoms with E-state index in [1.54, 1.807) is 0 Å². The number of ether oxygens (including phenoxy) is 1. The number of hydrogen-bond donors (Lipinski definition) is 1. The molecule has 0 aromatic heterocycles. The largest absolute Gasteiger partial charge is 0.375 e. The molecule has 0 radical (unpaired) electrons. The van der Waals surface area contributed by atoms with Crippen molar-refractivity contribution in [3.8, 4) is 0 Å². The molecule has 1 atom stereocenters. The Kier molecular flexibility index (Phi) is 5.34. The smallest absolute Gasteiger partial charge is 0.225 e. The summed E-state index contributed by atoms with van der Waals surface area (Å²) in [5.41, 5.74) is 2.99. The monoisotopic (exact) mass is 343 g/mol. The van der Waals surface area contributed by atoms with Gasteiger partial charge in [-0.15, -0.1) is 0 Å². The van der Waals surface area contributed by atoms with Gasteiger partial charge in [0.25, 0.3) is 0 Å². The van der Waals surface area contributed by atoms with Crippen molar-refractivity contribution in [3.63, 3.8) is 0 Å². The van der Waals surface area contributed by atoms with Gasteiger partial charge in [0.15, 0.2) is 0 Å². The fourth-order valence-electron chi connectivity index (χ4n) is 4.38. The number of piperidine rings is 1. The maximum absolute atomic E-state index is 12.5. The van der Waals surface area contributed by atoms with Gasteiger partial charge in [-0.25, -0.2) is 0 Å². The molecule has 0 unspecified atom stereocenters. The Morgan fingerprint density at radius 1 is 1.16 bits per heavy atom. The second-order valence-corrected chi connectivity index (χ2v) is 7.50. The summed E-state index contributed by atoms with van der Waals surface area (Å²) in [7, 11) is 0. The molecule has 2 fully saturated rings. The average molecular weight is 343 g/mol. The van der Waals surface area contributed by atoms with Gasteiger partial charge in [-0.3, -0.25) is 9.69 Å². The molecule has 0 saturated carbocycles. The van der Waals surface area contributed by atoms with Crippen molar-refractivity contribution in [2.45, 2.75) is 44.4 Å². The van der Waals surface area contributed by atoms with E-state index >= 15 is 0 Å². The van der Waals surface area contributed by atoms with E-state index in [2.05, 4.69) is 34.5 Å². The van der Waals surface area contributed by atoms with E-state index in [0.717, 1.165) is 65.1 Å². The van der Waals surface area contributed by atoms with Crippen molar-refractivity contribution in [1.29, 1.82) is 0 Å². The van der Waals surface area contributed by atoms with Crippen LogP contribution in [0.25, 0.3) is 0 Å². The minimum Gasteiger partial charge on any atom is -0.375 e. The van der Waals surface area contributed by atoms with Crippen LogP contribution in [0.4, 0.5) is 0 Å². The number of nitrogens with zero attached hydrogens (tertiary/aromatic N) is 2. The number of rotatable bonds is 3. The molecule has 2 saturated heterocycles. The lowest BCUT2D eigenvalue weighted by Gasteiger charge is -2.41. The highest BCUT2D eigenvalue weighted by Gasteiger charge is 2.30. The normalized spacial score (nSPS) is 25.6. The van der Waals surface area contributed by atoms with Gasteiger partial charge in [-0.1, -0.05) is 24.3 Å². The summed E-state index contributed by atoms with van der Waals surface area (Å²) in [6, 6.07) is 9.43. The first-order valence-corrected chi connectivity index (χ1v) is 9.70. The fourth-order valence-corrected chi connectivity index (χ4v) is 4.38. The molecular weight excluding hydrogens is 314 g/mol. The molecule has 1 aromatic rings. The average Bonchev–Trinajstić information content (AvgIpc) is 2.68. The predicted molar refractivity (Wildman–Crippen MR) is 97.4 cm³/mol. The van der Waals surface area contributed by atoms with Gasteiger partial charge in [0.2, 0.25) is 5.91 Å². The third-order valence-corrected chi connectivity index (χ3v) is 5.90. The van der Waals surface area contributed by atoms with Gasteiger partial charge in [0, 0.05) is 45.3 Å². The first kappa shape index (κ1) is 17.0. The van der Waals surface area contributed by atoms with Crippen molar-refractivity contribution in [2.24, 2.45) is 0 Å². The second kappa shape index (κ2) is 7.85. The van der Waals surface area contributed by atoms with Crippen molar-refractivity contribution >= 4 is 5.91 Å². The lowest BCUT2D eigenvalue weighted by atomic mass is 9.95. The standard InChI is InChI=1S/C20H29N3O2/c24-20(13-19-14-21-8-12-25-19)22-10-6-18(7-11-22)23-9-5-16-3-1-2-4-17(16)15-23/h1-4,18-19,21H,5-15H2/t19-/m1/s1. The maximum Gasteiger partial charge on any atom is 0.225 e. The second-order valence-electron chi connectivity index (χ2n) is 7.50. The summed E-state index contributed by atoms with van der Waals surface area (Å²) in [6.07, 6.45) is 3.92. The highest BCUT2D eigenvalue weighted by molar-refractivity contribution is 5.76. The van der Waals surface area contributed by atoms with Crippen LogP contribution in [-0.4, -0.2) is 67.2 Å². The third-order valence-electron chi connectivity index (χ3n) is 5.90. The van der Waals surface area contributed by atoms with Gasteiger partial charge >= 0.3 is 0 Å². The Balaban J connectivity index is 1.26. The molecule has 3 heterocycles. The number of fused-ring (bicyclic) bond motifs is 1. The lowest BCUT2D eigenvalue weighted by Crippen LogP contribution is -2.49. The molecular formula is C20H29N3O2. The summed E-state index contributed by atoms with van der Waals surface area (Å²) in [5, 5.41) is 3.30. The quantitative estimate of drug-likeness (QED) is 0.901. The number of carbonyl (C=O) groups is 1. The van der Waals surface area contributed by atoms with Gasteiger partial charge in [0.1, 0.15) is 0 Å². The fraction of sp³-hybridized carbons (Fsp3) is 0.650. The Bertz CT molecular complexity index is 592. The Morgan fingerprint density at radius 3 is 2.72 bits per heavy atom. The van der Waals surface area contributed by atoms with Gasteiger partial charge < -0.3 is 15.0 Å². The van der Waals surface area contributed by atoms with Crippen molar-refractivity contribution < 1.29 is 9.53 Å². The first-order valence-electron chi connectivity index (χ1n) is 9.70. The zero-order valence-electron chi connectivity index (χ0n) is 15.0. The van der Waals surface area contributed by atoms with Crippen LogP contribution in [0.2, 0.25) is 0 Å². The summed E-state index contributed by atoms with van der Waals surface area (Å²) in [5.74, 6) is 0.260. The zero-order chi connectivity index (χ0) is 17.1. The minimum atomic E-state index is 0.0533. The Morgan fingerprint density at radius 2 is 1.96 bits per heavy atom. The zero-order valence-corrected chi connectivity index (χ0v) is 15.0. The molecule has 5 heteroatoms. The van der Waals surface area contributed by atoms with E-state index in [9.17, 15) is 4.79 Å². The van der Waals surface area contributed by atoms with Crippen molar-refractivity contribution in [2.75, 3.05) is 39.3 Å². The summed E-state index contributed by atoms with van der Waals surface area (Å²) >= 11 is 0. The molecule has 4 rings (SSSR count). The van der Waals surface area contributed by atoms with Gasteiger partial charge in [0.05, 0.1) is 19.1 Å². The van der Waals surface area contributed by atoms with Crippen LogP contribution in [0, 0.1) is 0 Å². The van der Waals surface area contributed by atoms with Crippen molar-refractivity contribution in [3.05, 3.63) is 35.4 Å². The lowest BCUT2D eigenvalue weighted by molar-refractivity contribution is -0.136. The van der Waals surface area contributed by atoms with Crippen molar-refractivity contribution in [1.82, 2.24) is 15.1 Å². The number of amides is 1. The van der Waals surface area contributed by atoms with Gasteiger partial charge in [-0.2, -0.15) is 0 Å². The van der Waals surface area contributed by atoms with Crippen LogP contribution in [0.3, 0.4) is 0 Å². The van der Waals surface area contributed by atoms with Gasteiger partial charge in [-0.05, 0) is 30.4 Å². The van der Waals surface area contributed by atoms with E-state index in [1.165, 1.54) is 11.1 Å². The van der Waals surface area contributed by atoms with E-state index in [-0.39, 0.29) is 12.0 Å². The number of morpholine rings is 1. The summed E-state index contributed by atoms with van der Waals surface area (Å²) in [4.78, 5) is 17.2. The summed E-state index contributed by atoms with van der Waals surface area (Å²) < 4.78 is 5.67. The van der Waals surface area contributed by atoms with E-state index < -0.39 is 0 Å². The predicted octanol–water partition coefficient (Wildman–Crippen LogP) is 1.41. The van der Waals surface area contributed by atoms with Crippen LogP contribution in [0.15, 0.2) is 24.3 Å². The number of hydrogen-bond acceptors (Lipinski definition) is 4. The highest BCUT2D eigenvalue weighted by atomic mass is 16.5.